The average molecular weight is 349 g/mol. The van der Waals surface area contributed by atoms with Gasteiger partial charge in [-0.2, -0.15) is 0 Å². The van der Waals surface area contributed by atoms with Gasteiger partial charge in [-0.05, 0) is 73.8 Å². The average Bonchev–Trinajstić information content (AvgIpc) is 3.35. The van der Waals surface area contributed by atoms with Crippen molar-refractivity contribution in [1.82, 2.24) is 10.3 Å². The maximum atomic E-state index is 12.7. The maximum Gasteiger partial charge on any atom is 0.253 e. The Kier molecular flexibility index (Phi) is 4.91. The zero-order valence-corrected chi connectivity index (χ0v) is 15.4. The highest BCUT2D eigenvalue weighted by Crippen LogP contribution is 2.42. The Morgan fingerprint density at radius 1 is 1.15 bits per heavy atom. The Balaban J connectivity index is 1.49. The predicted octanol–water partition coefficient (Wildman–Crippen LogP) is 4.93. The lowest BCUT2D eigenvalue weighted by Crippen LogP contribution is -2.29. The van der Waals surface area contributed by atoms with Crippen molar-refractivity contribution in [2.45, 2.75) is 51.4 Å². The van der Waals surface area contributed by atoms with Gasteiger partial charge in [0, 0.05) is 18.4 Å². The van der Waals surface area contributed by atoms with Crippen molar-refractivity contribution in [1.29, 1.82) is 0 Å². The van der Waals surface area contributed by atoms with Gasteiger partial charge in [0.05, 0.1) is 5.56 Å². The van der Waals surface area contributed by atoms with Crippen molar-refractivity contribution in [3.05, 3.63) is 53.2 Å². The highest BCUT2D eigenvalue weighted by Gasteiger charge is 2.29. The van der Waals surface area contributed by atoms with Gasteiger partial charge in [-0.1, -0.05) is 25.0 Å². The SMILES string of the molecule is Cc1cccc(Nc2cc(C3CC3)c(C(=O)NCC3CCCC3)cn2)c1. The van der Waals surface area contributed by atoms with Crippen LogP contribution in [0.2, 0.25) is 0 Å². The van der Waals surface area contributed by atoms with E-state index in [-0.39, 0.29) is 5.91 Å². The van der Waals surface area contributed by atoms with E-state index in [1.807, 2.05) is 12.1 Å². The van der Waals surface area contributed by atoms with Gasteiger partial charge in [0.15, 0.2) is 0 Å². The largest absolute Gasteiger partial charge is 0.352 e. The summed E-state index contributed by atoms with van der Waals surface area (Å²) in [6.07, 6.45) is 9.16. The van der Waals surface area contributed by atoms with E-state index in [0.717, 1.165) is 42.0 Å². The second-order valence-electron chi connectivity index (χ2n) is 7.79. The van der Waals surface area contributed by atoms with E-state index >= 15 is 0 Å². The quantitative estimate of drug-likeness (QED) is 0.777. The van der Waals surface area contributed by atoms with Gasteiger partial charge in [0.1, 0.15) is 5.82 Å². The summed E-state index contributed by atoms with van der Waals surface area (Å²) in [6, 6.07) is 10.3. The third kappa shape index (κ3) is 4.06. The topological polar surface area (TPSA) is 54.0 Å². The zero-order valence-electron chi connectivity index (χ0n) is 15.4. The third-order valence-corrected chi connectivity index (χ3v) is 5.51. The van der Waals surface area contributed by atoms with Gasteiger partial charge in [0.2, 0.25) is 0 Å². The molecule has 0 spiro atoms. The molecule has 0 bridgehead atoms. The molecule has 4 rings (SSSR count). The van der Waals surface area contributed by atoms with Crippen molar-refractivity contribution in [3.8, 4) is 0 Å². The fourth-order valence-electron chi connectivity index (χ4n) is 3.88. The second-order valence-corrected chi connectivity index (χ2v) is 7.79. The van der Waals surface area contributed by atoms with Gasteiger partial charge >= 0.3 is 0 Å². The minimum absolute atomic E-state index is 0.0356. The minimum Gasteiger partial charge on any atom is -0.352 e. The molecule has 2 aliphatic carbocycles. The van der Waals surface area contributed by atoms with Gasteiger partial charge < -0.3 is 10.6 Å². The Hall–Kier alpha value is -2.36. The van der Waals surface area contributed by atoms with E-state index in [4.69, 9.17) is 0 Å². The van der Waals surface area contributed by atoms with Crippen molar-refractivity contribution < 1.29 is 4.79 Å². The summed E-state index contributed by atoms with van der Waals surface area (Å²) >= 11 is 0. The van der Waals surface area contributed by atoms with Crippen LogP contribution in [0.15, 0.2) is 36.5 Å². The van der Waals surface area contributed by atoms with E-state index in [1.54, 1.807) is 6.20 Å². The molecule has 2 saturated carbocycles. The predicted molar refractivity (Wildman–Crippen MR) is 105 cm³/mol. The van der Waals surface area contributed by atoms with Crippen LogP contribution >= 0.6 is 0 Å². The molecule has 1 aromatic carbocycles. The van der Waals surface area contributed by atoms with Crippen LogP contribution in [0, 0.1) is 12.8 Å². The molecule has 0 radical (unpaired) electrons. The number of hydrogen-bond acceptors (Lipinski definition) is 3. The maximum absolute atomic E-state index is 12.7. The highest BCUT2D eigenvalue weighted by atomic mass is 16.1. The monoisotopic (exact) mass is 349 g/mol. The lowest BCUT2D eigenvalue weighted by atomic mass is 10.0. The molecule has 1 amide bonds. The van der Waals surface area contributed by atoms with E-state index < -0.39 is 0 Å². The fraction of sp³-hybridized carbons (Fsp3) is 0.455. The lowest BCUT2D eigenvalue weighted by Gasteiger charge is -2.14. The number of hydrogen-bond donors (Lipinski definition) is 2. The normalized spacial score (nSPS) is 17.3. The number of benzene rings is 1. The molecule has 4 nitrogen and oxygen atoms in total. The number of carbonyl (C=O) groups is 1. The Labute approximate surface area is 155 Å². The Morgan fingerprint density at radius 3 is 2.69 bits per heavy atom. The summed E-state index contributed by atoms with van der Waals surface area (Å²) in [6.45, 7) is 2.87. The van der Waals surface area contributed by atoms with E-state index in [1.165, 1.54) is 31.2 Å². The van der Waals surface area contributed by atoms with Crippen LogP contribution in [-0.2, 0) is 0 Å². The number of nitrogens with one attached hydrogen (secondary N) is 2. The van der Waals surface area contributed by atoms with Gasteiger partial charge in [-0.3, -0.25) is 4.79 Å². The smallest absolute Gasteiger partial charge is 0.253 e. The van der Waals surface area contributed by atoms with E-state index in [0.29, 0.717) is 11.8 Å². The lowest BCUT2D eigenvalue weighted by molar-refractivity contribution is 0.0946. The van der Waals surface area contributed by atoms with Crippen molar-refractivity contribution >= 4 is 17.4 Å². The summed E-state index contributed by atoms with van der Waals surface area (Å²) in [7, 11) is 0. The van der Waals surface area contributed by atoms with Crippen LogP contribution in [0.1, 0.15) is 65.9 Å². The number of carbonyl (C=O) groups excluding carboxylic acids is 1. The second kappa shape index (κ2) is 7.48. The molecule has 2 fully saturated rings. The zero-order chi connectivity index (χ0) is 17.9. The van der Waals surface area contributed by atoms with Gasteiger partial charge in [-0.25, -0.2) is 4.98 Å². The van der Waals surface area contributed by atoms with Gasteiger partial charge in [-0.15, -0.1) is 0 Å². The van der Waals surface area contributed by atoms with E-state index in [2.05, 4.69) is 40.7 Å². The molecule has 0 unspecified atom stereocenters. The van der Waals surface area contributed by atoms with E-state index in [9.17, 15) is 4.79 Å². The summed E-state index contributed by atoms with van der Waals surface area (Å²) in [5.41, 5.74) is 4.12. The summed E-state index contributed by atoms with van der Waals surface area (Å²) in [5.74, 6) is 2.00. The molecule has 4 heteroatoms. The third-order valence-electron chi connectivity index (χ3n) is 5.51. The summed E-state index contributed by atoms with van der Waals surface area (Å²) in [5, 5.41) is 6.51. The molecule has 0 atom stereocenters. The molecule has 0 saturated heterocycles. The highest BCUT2D eigenvalue weighted by molar-refractivity contribution is 5.96. The van der Waals surface area contributed by atoms with Crippen molar-refractivity contribution in [2.75, 3.05) is 11.9 Å². The molecule has 1 aromatic heterocycles. The standard InChI is InChI=1S/C22H27N3O/c1-15-5-4-8-18(11-15)25-21-12-19(17-9-10-17)20(14-23-21)22(26)24-13-16-6-2-3-7-16/h4-5,8,11-12,14,16-17H,2-3,6-7,9-10,13H2,1H3,(H,23,25)(H,24,26). The first kappa shape index (κ1) is 17.1. The number of amides is 1. The van der Waals surface area contributed by atoms with Crippen LogP contribution < -0.4 is 10.6 Å². The van der Waals surface area contributed by atoms with Crippen LogP contribution in [0.4, 0.5) is 11.5 Å². The first-order valence-electron chi connectivity index (χ1n) is 9.81. The van der Waals surface area contributed by atoms with Crippen LogP contribution in [-0.4, -0.2) is 17.4 Å². The fourth-order valence-corrected chi connectivity index (χ4v) is 3.88. The summed E-state index contributed by atoms with van der Waals surface area (Å²) in [4.78, 5) is 17.2. The Bertz CT molecular complexity index is 792. The number of rotatable bonds is 6. The van der Waals surface area contributed by atoms with Crippen molar-refractivity contribution in [2.24, 2.45) is 5.92 Å². The molecular weight excluding hydrogens is 322 g/mol. The number of pyridine rings is 1. The molecule has 26 heavy (non-hydrogen) atoms. The van der Waals surface area contributed by atoms with Crippen molar-refractivity contribution in [3.63, 3.8) is 0 Å². The van der Waals surface area contributed by atoms with Gasteiger partial charge in [0.25, 0.3) is 5.91 Å². The molecule has 0 aliphatic heterocycles. The number of aromatic nitrogens is 1. The number of anilines is 2. The van der Waals surface area contributed by atoms with Crippen LogP contribution in [0.25, 0.3) is 0 Å². The minimum atomic E-state index is 0.0356. The molecule has 1 heterocycles. The number of aryl methyl sites for hydroxylation is 1. The molecule has 2 aliphatic rings. The van der Waals surface area contributed by atoms with Crippen LogP contribution in [0.3, 0.4) is 0 Å². The molecule has 136 valence electrons. The number of nitrogens with zero attached hydrogens (tertiary/aromatic N) is 1. The summed E-state index contributed by atoms with van der Waals surface area (Å²) < 4.78 is 0. The van der Waals surface area contributed by atoms with Crippen LogP contribution in [0.5, 0.6) is 0 Å². The first-order valence-corrected chi connectivity index (χ1v) is 9.81. The molecule has 2 aromatic rings. The Morgan fingerprint density at radius 2 is 1.96 bits per heavy atom. The molecule has 2 N–H and O–H groups in total. The first-order chi connectivity index (χ1) is 12.7. The molecular formula is C22H27N3O.